The van der Waals surface area contributed by atoms with Crippen LogP contribution in [0.3, 0.4) is 0 Å². The molecule has 0 spiro atoms. The number of aliphatic hydroxyl groups is 1. The molecule has 1 aromatic carbocycles. The molecule has 1 saturated heterocycles. The number of hydrogen-bond acceptors (Lipinski definition) is 3. The maximum absolute atomic E-state index is 10.0. The Morgan fingerprint density at radius 2 is 2.05 bits per heavy atom. The molecule has 2 aliphatic rings. The Balaban J connectivity index is 1.56. The third-order valence-electron chi connectivity index (χ3n) is 4.12. The number of hydrogen-bond donors (Lipinski definition) is 1. The Morgan fingerprint density at radius 1 is 1.26 bits per heavy atom. The van der Waals surface area contributed by atoms with Gasteiger partial charge in [-0.15, -0.1) is 0 Å². The summed E-state index contributed by atoms with van der Waals surface area (Å²) in [6.07, 6.45) is 6.10. The predicted octanol–water partition coefficient (Wildman–Crippen LogP) is 3.08. The van der Waals surface area contributed by atoms with Gasteiger partial charge in [0.15, 0.2) is 0 Å². The predicted molar refractivity (Wildman–Crippen MR) is 73.2 cm³/mol. The molecule has 1 aromatic rings. The Labute approximate surface area is 114 Å². The molecule has 3 heteroatoms. The van der Waals surface area contributed by atoms with Crippen molar-refractivity contribution in [3.05, 3.63) is 29.8 Å². The van der Waals surface area contributed by atoms with E-state index in [1.54, 1.807) is 0 Å². The van der Waals surface area contributed by atoms with Crippen LogP contribution in [0.15, 0.2) is 24.3 Å². The normalized spacial score (nSPS) is 25.0. The molecule has 19 heavy (non-hydrogen) atoms. The van der Waals surface area contributed by atoms with Crippen LogP contribution in [0, 0.1) is 5.92 Å². The molecule has 1 aliphatic carbocycles. The Hall–Kier alpha value is -1.06. The van der Waals surface area contributed by atoms with Gasteiger partial charge < -0.3 is 14.6 Å². The average molecular weight is 262 g/mol. The molecule has 1 aliphatic heterocycles. The minimum atomic E-state index is -0.516. The van der Waals surface area contributed by atoms with Crippen molar-refractivity contribution in [1.82, 2.24) is 0 Å². The number of aliphatic hydroxyl groups excluding tert-OH is 1. The smallest absolute Gasteiger partial charge is 0.119 e. The number of epoxide rings is 1. The average Bonchev–Trinajstić information content (AvgIpc) is 3.30. The van der Waals surface area contributed by atoms with Crippen LogP contribution in [-0.2, 0) is 4.74 Å². The summed E-state index contributed by atoms with van der Waals surface area (Å²) in [6.45, 7) is 1.47. The van der Waals surface area contributed by atoms with Gasteiger partial charge in [0.2, 0.25) is 0 Å². The van der Waals surface area contributed by atoms with E-state index in [2.05, 4.69) is 0 Å². The van der Waals surface area contributed by atoms with E-state index in [0.717, 1.165) is 17.9 Å². The fourth-order valence-corrected chi connectivity index (χ4v) is 2.81. The van der Waals surface area contributed by atoms with Gasteiger partial charge in [-0.2, -0.15) is 0 Å². The second kappa shape index (κ2) is 5.93. The van der Waals surface area contributed by atoms with E-state index in [-0.39, 0.29) is 6.10 Å². The summed E-state index contributed by atoms with van der Waals surface area (Å²) < 4.78 is 11.0. The minimum absolute atomic E-state index is 0.0198. The summed E-state index contributed by atoms with van der Waals surface area (Å²) in [5, 5.41) is 10.0. The van der Waals surface area contributed by atoms with Crippen molar-refractivity contribution < 1.29 is 14.6 Å². The van der Waals surface area contributed by atoms with Crippen molar-refractivity contribution in [2.75, 3.05) is 13.2 Å². The highest BCUT2D eigenvalue weighted by Gasteiger charge is 2.32. The van der Waals surface area contributed by atoms with Crippen LogP contribution in [0.4, 0.5) is 0 Å². The van der Waals surface area contributed by atoms with Crippen molar-refractivity contribution in [3.8, 4) is 5.75 Å². The number of benzene rings is 1. The van der Waals surface area contributed by atoms with E-state index in [9.17, 15) is 5.11 Å². The molecule has 0 bridgehead atoms. The first-order valence-corrected chi connectivity index (χ1v) is 7.35. The quantitative estimate of drug-likeness (QED) is 0.829. The summed E-state index contributed by atoms with van der Waals surface area (Å²) in [7, 11) is 0. The Morgan fingerprint density at radius 3 is 2.79 bits per heavy atom. The largest absolute Gasteiger partial charge is 0.493 e. The molecule has 0 amide bonds. The van der Waals surface area contributed by atoms with Gasteiger partial charge >= 0.3 is 0 Å². The summed E-state index contributed by atoms with van der Waals surface area (Å²) in [4.78, 5) is 0. The minimum Gasteiger partial charge on any atom is -0.493 e. The fraction of sp³-hybridized carbons (Fsp3) is 0.625. The molecular weight excluding hydrogens is 240 g/mol. The maximum atomic E-state index is 10.0. The van der Waals surface area contributed by atoms with Crippen molar-refractivity contribution in [2.24, 2.45) is 5.92 Å². The maximum Gasteiger partial charge on any atom is 0.119 e. The molecule has 1 N–H and O–H groups in total. The van der Waals surface area contributed by atoms with Gasteiger partial charge in [0.25, 0.3) is 0 Å². The van der Waals surface area contributed by atoms with Gasteiger partial charge in [-0.3, -0.25) is 0 Å². The summed E-state index contributed by atoms with van der Waals surface area (Å²) >= 11 is 0. The SMILES string of the molecule is O[C@@H](c1cccc(OCC2CCCCC2)c1)[C@H]1CO1. The molecule has 3 rings (SSSR count). The lowest BCUT2D eigenvalue weighted by Crippen LogP contribution is -2.15. The molecule has 3 nitrogen and oxygen atoms in total. The van der Waals surface area contributed by atoms with Crippen molar-refractivity contribution in [3.63, 3.8) is 0 Å². The first-order chi connectivity index (χ1) is 9.33. The van der Waals surface area contributed by atoms with Gasteiger partial charge in [0.1, 0.15) is 18.0 Å². The van der Waals surface area contributed by atoms with Gasteiger partial charge in [-0.25, -0.2) is 0 Å². The fourth-order valence-electron chi connectivity index (χ4n) is 2.81. The molecule has 2 atom stereocenters. The van der Waals surface area contributed by atoms with E-state index in [1.807, 2.05) is 24.3 Å². The van der Waals surface area contributed by atoms with Crippen LogP contribution in [-0.4, -0.2) is 24.4 Å². The highest BCUT2D eigenvalue weighted by Crippen LogP contribution is 2.30. The van der Waals surface area contributed by atoms with Gasteiger partial charge in [0.05, 0.1) is 13.2 Å². The molecular formula is C16H22O3. The van der Waals surface area contributed by atoms with Crippen molar-refractivity contribution >= 4 is 0 Å². The van der Waals surface area contributed by atoms with Crippen molar-refractivity contribution in [1.29, 1.82) is 0 Å². The summed E-state index contributed by atoms with van der Waals surface area (Å²) in [6, 6.07) is 7.78. The van der Waals surface area contributed by atoms with E-state index in [4.69, 9.17) is 9.47 Å². The third-order valence-corrected chi connectivity index (χ3v) is 4.12. The molecule has 0 aromatic heterocycles. The Kier molecular flexibility index (Phi) is 4.04. The first kappa shape index (κ1) is 12.9. The molecule has 1 saturated carbocycles. The van der Waals surface area contributed by atoms with E-state index < -0.39 is 6.10 Å². The van der Waals surface area contributed by atoms with Gasteiger partial charge in [0, 0.05) is 0 Å². The molecule has 0 radical (unpaired) electrons. The molecule has 2 fully saturated rings. The highest BCUT2D eigenvalue weighted by atomic mass is 16.6. The third kappa shape index (κ3) is 3.48. The lowest BCUT2D eigenvalue weighted by molar-refractivity contribution is 0.136. The molecule has 104 valence electrons. The van der Waals surface area contributed by atoms with Crippen LogP contribution in [0.1, 0.15) is 43.8 Å². The standard InChI is InChI=1S/C16H22O3/c17-16(15-11-19-15)13-7-4-8-14(9-13)18-10-12-5-2-1-3-6-12/h4,7-9,12,15-17H,1-3,5-6,10-11H2/t15-,16+/m1/s1. The van der Waals surface area contributed by atoms with Crippen LogP contribution < -0.4 is 4.74 Å². The van der Waals surface area contributed by atoms with E-state index in [1.165, 1.54) is 32.1 Å². The molecule has 0 unspecified atom stereocenters. The zero-order valence-corrected chi connectivity index (χ0v) is 11.3. The van der Waals surface area contributed by atoms with Crippen LogP contribution >= 0.6 is 0 Å². The number of rotatable bonds is 5. The Bertz CT molecular complexity index is 408. The lowest BCUT2D eigenvalue weighted by Gasteiger charge is -2.22. The zero-order valence-electron chi connectivity index (χ0n) is 11.3. The van der Waals surface area contributed by atoms with Gasteiger partial charge in [-0.05, 0) is 36.5 Å². The monoisotopic (exact) mass is 262 g/mol. The second-order valence-electron chi connectivity index (χ2n) is 5.70. The van der Waals surface area contributed by atoms with Crippen LogP contribution in [0.5, 0.6) is 5.75 Å². The van der Waals surface area contributed by atoms with Crippen LogP contribution in [0.25, 0.3) is 0 Å². The first-order valence-electron chi connectivity index (χ1n) is 7.35. The summed E-state index contributed by atoms with van der Waals surface area (Å²) in [5.74, 6) is 1.57. The van der Waals surface area contributed by atoms with Gasteiger partial charge in [-0.1, -0.05) is 31.4 Å². The van der Waals surface area contributed by atoms with Crippen LogP contribution in [0.2, 0.25) is 0 Å². The lowest BCUT2D eigenvalue weighted by atomic mass is 9.90. The second-order valence-corrected chi connectivity index (χ2v) is 5.70. The van der Waals surface area contributed by atoms with E-state index >= 15 is 0 Å². The molecule has 1 heterocycles. The summed E-state index contributed by atoms with van der Waals surface area (Å²) in [5.41, 5.74) is 0.892. The van der Waals surface area contributed by atoms with E-state index in [0.29, 0.717) is 12.5 Å². The highest BCUT2D eigenvalue weighted by molar-refractivity contribution is 5.30. The number of ether oxygens (including phenoxy) is 2. The van der Waals surface area contributed by atoms with Crippen molar-refractivity contribution in [2.45, 2.75) is 44.3 Å². The zero-order chi connectivity index (χ0) is 13.1. The topological polar surface area (TPSA) is 42.0 Å².